The van der Waals surface area contributed by atoms with E-state index in [1.807, 2.05) is 13.8 Å². The van der Waals surface area contributed by atoms with Crippen molar-refractivity contribution in [2.45, 2.75) is 51.5 Å². The van der Waals surface area contributed by atoms with Crippen molar-refractivity contribution in [2.24, 2.45) is 11.7 Å². The Morgan fingerprint density at radius 3 is 1.97 bits per heavy atom. The minimum absolute atomic E-state index is 0.156. The van der Waals surface area contributed by atoms with Crippen LogP contribution in [-0.2, 0) is 19.2 Å². The number of carbonyl (C=O) groups is 3. The van der Waals surface area contributed by atoms with Crippen molar-refractivity contribution in [3.05, 3.63) is 22.3 Å². The van der Waals surface area contributed by atoms with E-state index in [0.717, 1.165) is 32.4 Å². The van der Waals surface area contributed by atoms with Crippen LogP contribution in [0.25, 0.3) is 0 Å². The first kappa shape index (κ1) is 28.5. The lowest BCUT2D eigenvalue weighted by Gasteiger charge is -2.21. The number of hydrogen-bond donors (Lipinski definition) is 5. The molecule has 1 saturated heterocycles. The second-order valence-corrected chi connectivity index (χ2v) is 6.93. The summed E-state index contributed by atoms with van der Waals surface area (Å²) in [7, 11) is 0. The monoisotopic (exact) mass is 421 g/mol. The fourth-order valence-electron chi connectivity index (χ4n) is 2.04. The first-order valence-corrected chi connectivity index (χ1v) is 8.96. The predicted octanol–water partition coefficient (Wildman–Crippen LogP) is 0.885. The van der Waals surface area contributed by atoms with Crippen molar-refractivity contribution in [2.75, 3.05) is 19.7 Å². The zero-order chi connectivity index (χ0) is 22.9. The highest BCUT2D eigenvalue weighted by Crippen LogP contribution is 2.15. The van der Waals surface area contributed by atoms with Crippen molar-refractivity contribution in [3.8, 4) is 0 Å². The van der Waals surface area contributed by atoms with Gasteiger partial charge in [0.2, 0.25) is 0 Å². The van der Waals surface area contributed by atoms with Gasteiger partial charge in [0.25, 0.3) is 5.09 Å². The molecule has 1 heterocycles. The van der Waals surface area contributed by atoms with E-state index in [9.17, 15) is 24.5 Å². The van der Waals surface area contributed by atoms with Crippen LogP contribution in [0.1, 0.15) is 46.0 Å². The zero-order valence-corrected chi connectivity index (χ0v) is 16.7. The number of carboxylic acid groups (broad SMARTS) is 3. The van der Waals surface area contributed by atoms with E-state index in [2.05, 4.69) is 10.2 Å². The zero-order valence-electron chi connectivity index (χ0n) is 16.7. The van der Waals surface area contributed by atoms with Crippen molar-refractivity contribution < 1.29 is 39.6 Å². The molecule has 168 valence electrons. The Kier molecular flexibility index (Phi) is 16.0. The summed E-state index contributed by atoms with van der Waals surface area (Å²) in [5.41, 5.74) is 5.17. The molecule has 0 spiro atoms. The molecule has 0 amide bonds. The molecule has 0 aliphatic carbocycles. The lowest BCUT2D eigenvalue weighted by molar-refractivity contribution is -0.758. The van der Waals surface area contributed by atoms with Gasteiger partial charge >= 0.3 is 17.9 Å². The Hall–Kier alpha value is -2.73. The van der Waals surface area contributed by atoms with Gasteiger partial charge in [-0.1, -0.05) is 0 Å². The number of piperidine rings is 1. The molecule has 0 bridgehead atoms. The molecule has 12 nitrogen and oxygen atoms in total. The Morgan fingerprint density at radius 1 is 1.17 bits per heavy atom. The van der Waals surface area contributed by atoms with Gasteiger partial charge < -0.3 is 31.2 Å². The van der Waals surface area contributed by atoms with Crippen LogP contribution >= 0.6 is 0 Å². The highest BCUT2D eigenvalue weighted by molar-refractivity contribution is 5.89. The maximum Gasteiger partial charge on any atom is 0.328 e. The van der Waals surface area contributed by atoms with Gasteiger partial charge in [-0.05, 0) is 58.5 Å². The summed E-state index contributed by atoms with van der Waals surface area (Å²) in [5.74, 6) is -2.69. The first-order valence-electron chi connectivity index (χ1n) is 8.96. The van der Waals surface area contributed by atoms with Gasteiger partial charge in [-0.25, -0.2) is 9.59 Å². The Morgan fingerprint density at radius 2 is 1.66 bits per heavy atom. The number of nitrogens with two attached hydrogens (primary N) is 1. The number of nitrogens with zero attached hydrogens (tertiary/aromatic N) is 1. The lowest BCUT2D eigenvalue weighted by Crippen LogP contribution is -2.32. The molecular formula is C17H31N3O9. The fraction of sp³-hybridized carbons (Fsp3) is 0.706. The van der Waals surface area contributed by atoms with Gasteiger partial charge in [0.1, 0.15) is 0 Å². The summed E-state index contributed by atoms with van der Waals surface area (Å²) < 4.78 is 0. The number of hydrogen-bond acceptors (Lipinski definition) is 8. The summed E-state index contributed by atoms with van der Waals surface area (Å²) >= 11 is 0. The molecule has 6 N–H and O–H groups in total. The van der Waals surface area contributed by atoms with Crippen LogP contribution in [0.2, 0.25) is 0 Å². The largest absolute Gasteiger partial charge is 0.481 e. The van der Waals surface area contributed by atoms with Crippen LogP contribution in [0, 0.1) is 16.0 Å². The van der Waals surface area contributed by atoms with Gasteiger partial charge in [-0.2, -0.15) is 0 Å². The van der Waals surface area contributed by atoms with Gasteiger partial charge in [0.15, 0.2) is 0 Å². The third kappa shape index (κ3) is 27.6. The van der Waals surface area contributed by atoms with E-state index in [-0.39, 0.29) is 18.6 Å². The van der Waals surface area contributed by atoms with Crippen molar-refractivity contribution >= 4 is 17.9 Å². The molecule has 0 saturated carbocycles. The molecule has 0 aromatic heterocycles. The molecule has 1 aliphatic rings. The molecule has 0 unspecified atom stereocenters. The van der Waals surface area contributed by atoms with Gasteiger partial charge in [-0.3, -0.25) is 4.79 Å². The van der Waals surface area contributed by atoms with Crippen molar-refractivity contribution in [3.63, 3.8) is 0 Å². The fourth-order valence-corrected chi connectivity index (χ4v) is 2.04. The average molecular weight is 421 g/mol. The van der Waals surface area contributed by atoms with Crippen LogP contribution in [0.15, 0.2) is 12.2 Å². The molecular weight excluding hydrogens is 390 g/mol. The molecule has 1 rings (SSSR count). The molecule has 29 heavy (non-hydrogen) atoms. The highest BCUT2D eigenvalue weighted by atomic mass is 16.9. The van der Waals surface area contributed by atoms with Crippen molar-refractivity contribution in [1.82, 2.24) is 5.32 Å². The van der Waals surface area contributed by atoms with E-state index in [0.29, 0.717) is 24.5 Å². The minimum Gasteiger partial charge on any atom is -0.481 e. The second kappa shape index (κ2) is 16.2. The van der Waals surface area contributed by atoms with Crippen molar-refractivity contribution in [1.29, 1.82) is 0 Å². The lowest BCUT2D eigenvalue weighted by atomic mass is 9.95. The Balaban J connectivity index is 0. The number of nitrogens with one attached hydrogen (secondary N) is 1. The van der Waals surface area contributed by atoms with E-state index < -0.39 is 23.0 Å². The molecule has 0 atom stereocenters. The number of aliphatic carboxylic acids is 3. The highest BCUT2D eigenvalue weighted by Gasteiger charge is 2.13. The normalized spacial score (nSPS) is 14.0. The Labute approximate surface area is 168 Å². The summed E-state index contributed by atoms with van der Waals surface area (Å²) in [6, 6.07) is 0. The Bertz CT molecular complexity index is 523. The summed E-state index contributed by atoms with van der Waals surface area (Å²) in [5, 5.41) is 36.2. The van der Waals surface area contributed by atoms with Crippen LogP contribution in [-0.4, -0.2) is 63.5 Å². The molecule has 12 heteroatoms. The van der Waals surface area contributed by atoms with E-state index in [1.54, 1.807) is 0 Å². The number of carboxylic acids is 3. The van der Waals surface area contributed by atoms with E-state index in [4.69, 9.17) is 21.1 Å². The van der Waals surface area contributed by atoms with Crippen LogP contribution in [0.3, 0.4) is 0 Å². The first-order chi connectivity index (χ1) is 13.3. The van der Waals surface area contributed by atoms with Crippen LogP contribution in [0.4, 0.5) is 0 Å². The van der Waals surface area contributed by atoms with Gasteiger partial charge in [-0.15, -0.1) is 10.1 Å². The smallest absolute Gasteiger partial charge is 0.328 e. The standard InChI is InChI=1S/C7H14N2O3.C6H13NO2.C4H4O4/c10-9(11)12-6-3-7-1-4-8-5-2-7;1-6(2,7)4-3-5(8)9;5-3(6)1-2-4(7)8/h7-8H,1-6H2;3-4,7H2,1-2H3,(H,8,9);1-2H,(H,5,6)(H,7,8). The summed E-state index contributed by atoms with van der Waals surface area (Å²) in [4.78, 5) is 43.2. The maximum absolute atomic E-state index is 9.99. The third-order valence-corrected chi connectivity index (χ3v) is 3.53. The van der Waals surface area contributed by atoms with Crippen LogP contribution < -0.4 is 11.1 Å². The quantitative estimate of drug-likeness (QED) is 0.201. The van der Waals surface area contributed by atoms with Gasteiger partial charge in [0, 0.05) is 24.1 Å². The summed E-state index contributed by atoms with van der Waals surface area (Å²) in [6.45, 7) is 5.94. The average Bonchev–Trinajstić information content (AvgIpc) is 2.59. The van der Waals surface area contributed by atoms with E-state index in [1.165, 1.54) is 0 Å². The molecule has 0 aromatic carbocycles. The molecule has 0 radical (unpaired) electrons. The van der Waals surface area contributed by atoms with Gasteiger partial charge in [0.05, 0.1) is 6.61 Å². The SMILES string of the molecule is CC(C)(N)CCC(=O)O.O=C(O)C=CC(=O)O.O=[N+]([O-])OCCC1CCNCC1. The second-order valence-electron chi connectivity index (χ2n) is 6.93. The summed E-state index contributed by atoms with van der Waals surface area (Å²) in [6.07, 6.45) is 4.83. The van der Waals surface area contributed by atoms with Crippen LogP contribution in [0.5, 0.6) is 0 Å². The maximum atomic E-state index is 9.99. The number of rotatable bonds is 9. The predicted molar refractivity (Wildman–Crippen MR) is 103 cm³/mol. The van der Waals surface area contributed by atoms with E-state index >= 15 is 0 Å². The topological polar surface area (TPSA) is 202 Å². The molecule has 0 aromatic rings. The minimum atomic E-state index is -1.26. The molecule has 1 fully saturated rings. The molecule has 1 aliphatic heterocycles. The third-order valence-electron chi connectivity index (χ3n) is 3.53.